The zero-order chi connectivity index (χ0) is 12.6. The van der Waals surface area contributed by atoms with Crippen molar-refractivity contribution < 1.29 is 18.5 Å². The third-order valence-corrected chi connectivity index (χ3v) is 4.18. The summed E-state index contributed by atoms with van der Waals surface area (Å²) in [7, 11) is -3.79. The number of unbranched alkanes of at least 4 members (excludes halogenated alkanes) is 1. The maximum Gasteiger partial charge on any atom is 0.472 e. The van der Waals surface area contributed by atoms with E-state index in [1.165, 1.54) is 12.8 Å². The molecule has 0 saturated carbocycles. The molecule has 1 aliphatic rings. The zero-order valence-corrected chi connectivity index (χ0v) is 11.7. The van der Waals surface area contributed by atoms with Crippen LogP contribution in [0.4, 0.5) is 0 Å². The van der Waals surface area contributed by atoms with Gasteiger partial charge in [-0.25, -0.2) is 4.57 Å². The van der Waals surface area contributed by atoms with E-state index in [1.54, 1.807) is 0 Å². The molecule has 0 bridgehead atoms. The molecule has 0 aromatic heterocycles. The van der Waals surface area contributed by atoms with Gasteiger partial charge in [-0.15, -0.1) is 0 Å². The van der Waals surface area contributed by atoms with Crippen LogP contribution in [0.2, 0.25) is 0 Å². The first-order chi connectivity index (χ1) is 8.14. The van der Waals surface area contributed by atoms with Crippen molar-refractivity contribution in [3.63, 3.8) is 0 Å². The first-order valence-electron chi connectivity index (χ1n) is 6.76. The van der Waals surface area contributed by atoms with Crippen LogP contribution in [0.25, 0.3) is 0 Å². The monoisotopic (exact) mass is 264 g/mol. The summed E-state index contributed by atoms with van der Waals surface area (Å²) in [6.45, 7) is 2.84. The molecule has 17 heavy (non-hydrogen) atoms. The highest BCUT2D eigenvalue weighted by molar-refractivity contribution is 7.47. The van der Waals surface area contributed by atoms with Crippen LogP contribution in [0, 0.1) is 5.92 Å². The van der Waals surface area contributed by atoms with Crippen LogP contribution >= 0.6 is 7.82 Å². The Bertz CT molecular complexity index is 245. The summed E-state index contributed by atoms with van der Waals surface area (Å²) in [5, 5.41) is 0. The fourth-order valence-corrected chi connectivity index (χ4v) is 2.94. The molecule has 0 amide bonds. The third kappa shape index (κ3) is 7.20. The number of rotatable bonds is 3. The molecule has 0 aromatic rings. The Hall–Kier alpha value is 0.110. The molecule has 0 aliphatic carbocycles. The predicted octanol–water partition coefficient (Wildman–Crippen LogP) is 3.89. The molecule has 5 heteroatoms. The Kier molecular flexibility index (Phi) is 7.36. The SMILES string of the molecule is CCCCC1CCCCCCOP(=O)(O)OC1. The van der Waals surface area contributed by atoms with E-state index in [1.807, 2.05) is 0 Å². The second-order valence-electron chi connectivity index (χ2n) is 4.81. The number of phosphoric acid groups is 1. The first-order valence-corrected chi connectivity index (χ1v) is 8.25. The number of hydrogen-bond acceptors (Lipinski definition) is 3. The van der Waals surface area contributed by atoms with Gasteiger partial charge in [0.25, 0.3) is 0 Å². The summed E-state index contributed by atoms with van der Waals surface area (Å²) in [6, 6.07) is 0. The first kappa shape index (κ1) is 15.2. The van der Waals surface area contributed by atoms with Gasteiger partial charge in [0.1, 0.15) is 0 Å². The molecule has 1 fully saturated rings. The molecule has 4 nitrogen and oxygen atoms in total. The largest absolute Gasteiger partial charge is 0.472 e. The van der Waals surface area contributed by atoms with Gasteiger partial charge in [-0.1, -0.05) is 39.0 Å². The average Bonchev–Trinajstić information content (AvgIpc) is 2.32. The number of phosphoric ester groups is 1. The van der Waals surface area contributed by atoms with Crippen molar-refractivity contribution in [2.75, 3.05) is 13.2 Å². The molecule has 2 atom stereocenters. The van der Waals surface area contributed by atoms with Gasteiger partial charge in [-0.3, -0.25) is 9.05 Å². The molecule has 2 unspecified atom stereocenters. The highest BCUT2D eigenvalue weighted by atomic mass is 31.2. The molecule has 1 N–H and O–H groups in total. The molecule has 0 radical (unpaired) electrons. The molecular formula is C12H25O4P. The Balaban J connectivity index is 2.44. The summed E-state index contributed by atoms with van der Waals surface area (Å²) >= 11 is 0. The number of hydrogen-bond donors (Lipinski definition) is 1. The molecule has 1 heterocycles. The summed E-state index contributed by atoms with van der Waals surface area (Å²) in [6.07, 6.45) is 8.77. The molecule has 1 rings (SSSR count). The van der Waals surface area contributed by atoms with E-state index in [0.29, 0.717) is 19.1 Å². The molecule has 1 saturated heterocycles. The maximum atomic E-state index is 11.5. The summed E-state index contributed by atoms with van der Waals surface area (Å²) in [5.74, 6) is 0.400. The Labute approximate surface area is 104 Å². The lowest BCUT2D eigenvalue weighted by Gasteiger charge is -2.18. The summed E-state index contributed by atoms with van der Waals surface area (Å²) in [4.78, 5) is 9.44. The van der Waals surface area contributed by atoms with Gasteiger partial charge in [0.15, 0.2) is 0 Å². The second kappa shape index (κ2) is 8.25. The highest BCUT2D eigenvalue weighted by Gasteiger charge is 2.23. The topological polar surface area (TPSA) is 55.8 Å². The van der Waals surface area contributed by atoms with Gasteiger partial charge in [0, 0.05) is 0 Å². The van der Waals surface area contributed by atoms with Gasteiger partial charge in [-0.2, -0.15) is 0 Å². The lowest BCUT2D eigenvalue weighted by atomic mass is 9.96. The van der Waals surface area contributed by atoms with Crippen molar-refractivity contribution >= 4 is 7.82 Å². The van der Waals surface area contributed by atoms with Crippen LogP contribution in [0.5, 0.6) is 0 Å². The molecule has 1 aliphatic heterocycles. The summed E-state index contributed by atoms with van der Waals surface area (Å²) < 4.78 is 21.5. The zero-order valence-electron chi connectivity index (χ0n) is 10.8. The minimum Gasteiger partial charge on any atom is -0.302 e. The van der Waals surface area contributed by atoms with Gasteiger partial charge in [0.2, 0.25) is 0 Å². The lowest BCUT2D eigenvalue weighted by molar-refractivity contribution is 0.127. The van der Waals surface area contributed by atoms with Crippen molar-refractivity contribution in [2.45, 2.75) is 58.3 Å². The van der Waals surface area contributed by atoms with Crippen LogP contribution in [-0.4, -0.2) is 18.1 Å². The average molecular weight is 264 g/mol. The molecular weight excluding hydrogens is 239 g/mol. The lowest BCUT2D eigenvalue weighted by Crippen LogP contribution is -2.09. The van der Waals surface area contributed by atoms with Crippen LogP contribution in [-0.2, 0) is 13.6 Å². The third-order valence-electron chi connectivity index (χ3n) is 3.20. The Morgan fingerprint density at radius 2 is 2.00 bits per heavy atom. The van der Waals surface area contributed by atoms with Gasteiger partial charge in [0.05, 0.1) is 13.2 Å². The molecule has 0 aromatic carbocycles. The smallest absolute Gasteiger partial charge is 0.302 e. The van der Waals surface area contributed by atoms with Crippen molar-refractivity contribution in [2.24, 2.45) is 5.92 Å². The van der Waals surface area contributed by atoms with E-state index in [2.05, 4.69) is 6.92 Å². The van der Waals surface area contributed by atoms with E-state index in [-0.39, 0.29) is 0 Å². The predicted molar refractivity (Wildman–Crippen MR) is 67.8 cm³/mol. The standard InChI is InChI=1S/C12H25O4P/c1-2-3-8-12-9-6-4-5-7-10-15-17(13,14)16-11-12/h12H,2-11H2,1H3,(H,13,14). The quantitative estimate of drug-likeness (QED) is 0.786. The molecule has 102 valence electrons. The minimum absolute atomic E-state index is 0.327. The molecule has 0 spiro atoms. The van der Waals surface area contributed by atoms with Crippen LogP contribution in [0.3, 0.4) is 0 Å². The van der Waals surface area contributed by atoms with E-state index in [9.17, 15) is 9.46 Å². The van der Waals surface area contributed by atoms with Crippen molar-refractivity contribution in [3.8, 4) is 0 Å². The Morgan fingerprint density at radius 3 is 2.76 bits per heavy atom. The van der Waals surface area contributed by atoms with Crippen molar-refractivity contribution in [1.29, 1.82) is 0 Å². The second-order valence-corrected chi connectivity index (χ2v) is 6.26. The van der Waals surface area contributed by atoms with Crippen LogP contribution in [0.1, 0.15) is 58.3 Å². The van der Waals surface area contributed by atoms with Gasteiger partial charge >= 0.3 is 7.82 Å². The fraction of sp³-hybridized carbons (Fsp3) is 1.00. The van der Waals surface area contributed by atoms with Crippen LogP contribution < -0.4 is 0 Å². The normalized spacial score (nSPS) is 32.9. The van der Waals surface area contributed by atoms with E-state index in [4.69, 9.17) is 9.05 Å². The van der Waals surface area contributed by atoms with Crippen molar-refractivity contribution in [3.05, 3.63) is 0 Å². The van der Waals surface area contributed by atoms with Gasteiger partial charge in [-0.05, 0) is 25.2 Å². The maximum absolute atomic E-state index is 11.5. The Morgan fingerprint density at radius 1 is 1.24 bits per heavy atom. The fourth-order valence-electron chi connectivity index (χ4n) is 2.11. The summed E-state index contributed by atoms with van der Waals surface area (Å²) in [5.41, 5.74) is 0. The van der Waals surface area contributed by atoms with Crippen molar-refractivity contribution in [1.82, 2.24) is 0 Å². The minimum atomic E-state index is -3.79. The highest BCUT2D eigenvalue weighted by Crippen LogP contribution is 2.44. The van der Waals surface area contributed by atoms with E-state index < -0.39 is 7.82 Å². The van der Waals surface area contributed by atoms with E-state index >= 15 is 0 Å². The van der Waals surface area contributed by atoms with E-state index in [0.717, 1.165) is 38.5 Å². The van der Waals surface area contributed by atoms with Crippen LogP contribution in [0.15, 0.2) is 0 Å². The van der Waals surface area contributed by atoms with Gasteiger partial charge < -0.3 is 4.89 Å².